The van der Waals surface area contributed by atoms with Crippen molar-refractivity contribution in [2.24, 2.45) is 0 Å². The predicted octanol–water partition coefficient (Wildman–Crippen LogP) is 4.55. The molecule has 44 heavy (non-hydrogen) atoms. The third-order valence-corrected chi connectivity index (χ3v) is 6.92. The number of nitrogens with one attached hydrogen (secondary N) is 1. The average molecular weight is 643 g/mol. The molecular formula is C27H31F3N5O8S-. The van der Waals surface area contributed by atoms with Crippen molar-refractivity contribution in [1.29, 1.82) is 0 Å². The van der Waals surface area contributed by atoms with Crippen molar-refractivity contribution >= 4 is 22.1 Å². The van der Waals surface area contributed by atoms with Crippen LogP contribution in [0.5, 0.6) is 0 Å². The maximum Gasteiger partial charge on any atom is 0.511 e. The smallest absolute Gasteiger partial charge is 0.511 e. The standard InChI is InChI=1S/C27H31F3N5O8S/c1-17-7-9-19(10-8-17)22-15-23(27(28,29)30)31-34(22)20-11-13-21(14-12-20)44(39,40)32-24(36)16-33(6)35(38)43-18(2)41-25(37)42-26(3,4)5/h7-15,18H,16H2,1-6H3,(H,32,36)/q-1. The Morgan fingerprint density at radius 1 is 1.07 bits per heavy atom. The van der Waals surface area contributed by atoms with Crippen LogP contribution in [0.3, 0.4) is 0 Å². The van der Waals surface area contributed by atoms with Gasteiger partial charge in [-0.15, -0.1) is 0 Å². The number of rotatable bonds is 10. The summed E-state index contributed by atoms with van der Waals surface area (Å²) in [5, 5.41) is 16.3. The maximum absolute atomic E-state index is 13.5. The number of sulfonamides is 1. The van der Waals surface area contributed by atoms with Crippen molar-refractivity contribution in [2.75, 3.05) is 13.6 Å². The molecule has 1 amide bonds. The Morgan fingerprint density at radius 2 is 1.66 bits per heavy atom. The number of aromatic nitrogens is 2. The summed E-state index contributed by atoms with van der Waals surface area (Å²) in [4.78, 5) is 28.5. The number of carbonyl (C=O) groups is 2. The Hall–Kier alpha value is -4.03. The van der Waals surface area contributed by atoms with Crippen molar-refractivity contribution in [3.63, 3.8) is 0 Å². The highest BCUT2D eigenvalue weighted by Gasteiger charge is 2.35. The molecule has 0 saturated heterocycles. The number of amides is 1. The highest BCUT2D eigenvalue weighted by molar-refractivity contribution is 7.90. The van der Waals surface area contributed by atoms with E-state index in [1.165, 1.54) is 19.1 Å². The molecule has 0 spiro atoms. The van der Waals surface area contributed by atoms with Crippen LogP contribution in [-0.4, -0.2) is 66.1 Å². The molecule has 0 radical (unpaired) electrons. The van der Waals surface area contributed by atoms with E-state index in [4.69, 9.17) is 14.3 Å². The molecule has 0 aliphatic rings. The van der Waals surface area contributed by atoms with Crippen LogP contribution in [0, 0.1) is 12.1 Å². The van der Waals surface area contributed by atoms with Gasteiger partial charge >= 0.3 is 12.3 Å². The summed E-state index contributed by atoms with van der Waals surface area (Å²) in [7, 11) is -3.34. The SMILES string of the molecule is Cc1ccc(-c2cc(C(F)(F)F)nn2-c2ccc(S(=O)(=O)NC(=O)CN(C)N([O-])OC(C)OC(=O)OC(C)(C)C)cc2)cc1. The van der Waals surface area contributed by atoms with Crippen molar-refractivity contribution in [3.05, 3.63) is 71.1 Å². The number of hydrazine groups is 1. The molecule has 1 aromatic heterocycles. The molecule has 1 atom stereocenters. The molecule has 0 fully saturated rings. The third kappa shape index (κ3) is 9.48. The molecule has 0 bridgehead atoms. The lowest BCUT2D eigenvalue weighted by Crippen LogP contribution is -2.45. The molecule has 3 rings (SSSR count). The summed E-state index contributed by atoms with van der Waals surface area (Å²) >= 11 is 0. The zero-order valence-corrected chi connectivity index (χ0v) is 25.4. The zero-order valence-electron chi connectivity index (χ0n) is 24.6. The molecular weight excluding hydrogens is 611 g/mol. The molecule has 0 saturated carbocycles. The monoisotopic (exact) mass is 642 g/mol. The fourth-order valence-electron chi connectivity index (χ4n) is 3.56. The third-order valence-electron chi connectivity index (χ3n) is 5.53. The molecule has 240 valence electrons. The molecule has 3 aromatic rings. The molecule has 0 aliphatic heterocycles. The number of benzene rings is 2. The fraction of sp³-hybridized carbons (Fsp3) is 0.370. The minimum atomic E-state index is -4.72. The first-order valence-electron chi connectivity index (χ1n) is 12.9. The molecule has 13 nitrogen and oxygen atoms in total. The molecule has 1 unspecified atom stereocenters. The van der Waals surface area contributed by atoms with E-state index in [2.05, 4.69) is 5.10 Å². The summed E-state index contributed by atoms with van der Waals surface area (Å²) in [6.07, 6.45) is -7.24. The van der Waals surface area contributed by atoms with Gasteiger partial charge in [0.1, 0.15) is 5.60 Å². The highest BCUT2D eigenvalue weighted by atomic mass is 32.2. The number of halogens is 3. The van der Waals surface area contributed by atoms with Crippen LogP contribution in [0.15, 0.2) is 59.5 Å². The number of aryl methyl sites for hydroxylation is 1. The number of likely N-dealkylation sites (N-methyl/N-ethyl adjacent to an activating group) is 1. The van der Waals surface area contributed by atoms with E-state index < -0.39 is 52.4 Å². The highest BCUT2D eigenvalue weighted by Crippen LogP contribution is 2.33. The Kier molecular flexibility index (Phi) is 10.4. The second-order valence-electron chi connectivity index (χ2n) is 10.5. The first-order chi connectivity index (χ1) is 20.2. The van der Waals surface area contributed by atoms with Crippen LogP contribution in [0.2, 0.25) is 0 Å². The van der Waals surface area contributed by atoms with Gasteiger partial charge in [0.05, 0.1) is 22.8 Å². The summed E-state index contributed by atoms with van der Waals surface area (Å²) in [6.45, 7) is 7.06. The second-order valence-corrected chi connectivity index (χ2v) is 12.2. The van der Waals surface area contributed by atoms with E-state index in [-0.39, 0.29) is 21.6 Å². The van der Waals surface area contributed by atoms with Gasteiger partial charge in [0, 0.05) is 19.5 Å². The van der Waals surface area contributed by atoms with Gasteiger partial charge in [0.25, 0.3) is 10.0 Å². The van der Waals surface area contributed by atoms with Crippen LogP contribution in [0.4, 0.5) is 18.0 Å². The minimum Gasteiger partial charge on any atom is -0.748 e. The van der Waals surface area contributed by atoms with Gasteiger partial charge in [-0.3, -0.25) is 9.63 Å². The molecule has 1 heterocycles. The Bertz CT molecular complexity index is 1570. The minimum absolute atomic E-state index is 0.125. The van der Waals surface area contributed by atoms with Crippen molar-refractivity contribution in [3.8, 4) is 16.9 Å². The van der Waals surface area contributed by atoms with E-state index in [0.717, 1.165) is 35.5 Å². The quantitative estimate of drug-likeness (QED) is 0.188. The summed E-state index contributed by atoms with van der Waals surface area (Å²) in [5.74, 6) is -1.12. The number of nitrogens with zero attached hydrogens (tertiary/aromatic N) is 4. The van der Waals surface area contributed by atoms with Gasteiger partial charge < -0.3 is 14.7 Å². The normalized spacial score (nSPS) is 13.2. The van der Waals surface area contributed by atoms with E-state index in [1.807, 2.05) is 6.92 Å². The number of carbonyl (C=O) groups excluding carboxylic acids is 2. The van der Waals surface area contributed by atoms with E-state index >= 15 is 0 Å². The number of hydrogen-bond donors (Lipinski definition) is 1. The van der Waals surface area contributed by atoms with E-state index in [9.17, 15) is 36.4 Å². The maximum atomic E-state index is 13.5. The van der Waals surface area contributed by atoms with Gasteiger partial charge in [-0.2, -0.15) is 23.6 Å². The van der Waals surface area contributed by atoms with Gasteiger partial charge in [0.2, 0.25) is 12.2 Å². The number of ether oxygens (including phenoxy) is 2. The molecule has 17 heteroatoms. The van der Waals surface area contributed by atoms with Crippen LogP contribution < -0.4 is 4.72 Å². The van der Waals surface area contributed by atoms with Gasteiger partial charge in [-0.25, -0.2) is 27.6 Å². The van der Waals surface area contributed by atoms with E-state index in [0.29, 0.717) is 10.6 Å². The summed E-state index contributed by atoms with van der Waals surface area (Å²) < 4.78 is 78.5. The fourth-order valence-corrected chi connectivity index (χ4v) is 4.53. The number of alkyl halides is 3. The summed E-state index contributed by atoms with van der Waals surface area (Å²) in [5.41, 5.74) is -0.384. The average Bonchev–Trinajstić information content (AvgIpc) is 3.34. The van der Waals surface area contributed by atoms with Crippen LogP contribution in [0.1, 0.15) is 39.0 Å². The predicted molar refractivity (Wildman–Crippen MR) is 150 cm³/mol. The van der Waals surface area contributed by atoms with Crippen LogP contribution in [0.25, 0.3) is 16.9 Å². The van der Waals surface area contributed by atoms with Crippen molar-refractivity contribution in [2.45, 2.75) is 57.6 Å². The van der Waals surface area contributed by atoms with Gasteiger partial charge in [-0.1, -0.05) is 29.8 Å². The van der Waals surface area contributed by atoms with Gasteiger partial charge in [-0.05, 0) is 58.0 Å². The lowest BCUT2D eigenvalue weighted by atomic mass is 10.1. The summed E-state index contributed by atoms with van der Waals surface area (Å²) in [6, 6.07) is 12.2. The largest absolute Gasteiger partial charge is 0.748 e. The molecule has 2 aromatic carbocycles. The van der Waals surface area contributed by atoms with E-state index in [1.54, 1.807) is 49.8 Å². The molecule has 1 N–H and O–H groups in total. The van der Waals surface area contributed by atoms with Gasteiger partial charge in [0.15, 0.2) is 5.69 Å². The van der Waals surface area contributed by atoms with Crippen molar-refractivity contribution in [1.82, 2.24) is 24.8 Å². The lowest BCUT2D eigenvalue weighted by Gasteiger charge is -2.36. The Balaban J connectivity index is 1.68. The second kappa shape index (κ2) is 13.3. The van der Waals surface area contributed by atoms with Crippen molar-refractivity contribution < 1.29 is 45.5 Å². The zero-order chi connectivity index (χ0) is 33.0. The van der Waals surface area contributed by atoms with Crippen LogP contribution in [-0.2, 0) is 35.3 Å². The van der Waals surface area contributed by atoms with Crippen LogP contribution >= 0.6 is 0 Å². The number of hydrogen-bond acceptors (Lipinski definition) is 11. The molecule has 0 aliphatic carbocycles. The first-order valence-corrected chi connectivity index (χ1v) is 14.4. The Labute approximate surface area is 251 Å². The Morgan fingerprint density at radius 3 is 2.20 bits per heavy atom. The topological polar surface area (TPSA) is 155 Å². The first kappa shape index (κ1) is 34.5. The lowest BCUT2D eigenvalue weighted by molar-refractivity contribution is -0.311.